The number of hydrogen-bond donors (Lipinski definition) is 1. The van der Waals surface area contributed by atoms with Crippen LogP contribution in [0.3, 0.4) is 0 Å². The van der Waals surface area contributed by atoms with Crippen LogP contribution in [0.5, 0.6) is 0 Å². The lowest BCUT2D eigenvalue weighted by molar-refractivity contribution is -0.137. The van der Waals surface area contributed by atoms with Gasteiger partial charge in [0, 0.05) is 32.8 Å². The van der Waals surface area contributed by atoms with Crippen LogP contribution in [0, 0.1) is 0 Å². The van der Waals surface area contributed by atoms with E-state index in [1.165, 1.54) is 0 Å². The number of halogens is 3. The summed E-state index contributed by atoms with van der Waals surface area (Å²) in [5.74, 6) is 0. The summed E-state index contributed by atoms with van der Waals surface area (Å²) >= 11 is 0. The summed E-state index contributed by atoms with van der Waals surface area (Å²) in [7, 11) is 0. The molecule has 0 rings (SSSR count). The van der Waals surface area contributed by atoms with Crippen LogP contribution >= 0.6 is 0 Å². The van der Waals surface area contributed by atoms with Crippen molar-refractivity contribution in [3.8, 4) is 0 Å². The van der Waals surface area contributed by atoms with Gasteiger partial charge in [-0.25, -0.2) is 0 Å². The van der Waals surface area contributed by atoms with E-state index in [0.717, 1.165) is 32.6 Å². The smallest absolute Gasteiger partial charge is 0.382 e. The Balaban J connectivity index is 2.99. The lowest BCUT2D eigenvalue weighted by Crippen LogP contribution is -2.21. The molecule has 0 heterocycles. The zero-order valence-electron chi connectivity index (χ0n) is 11.0. The topological polar surface area (TPSA) is 30.5 Å². The van der Waals surface area contributed by atoms with Crippen LogP contribution in [0.1, 0.15) is 32.6 Å². The van der Waals surface area contributed by atoms with E-state index >= 15 is 0 Å². The maximum absolute atomic E-state index is 11.8. The van der Waals surface area contributed by atoms with Gasteiger partial charge in [-0.05, 0) is 32.7 Å². The van der Waals surface area contributed by atoms with Gasteiger partial charge in [-0.3, -0.25) is 0 Å². The molecule has 0 amide bonds. The van der Waals surface area contributed by atoms with Crippen LogP contribution in [0.25, 0.3) is 0 Å². The molecule has 0 spiro atoms. The van der Waals surface area contributed by atoms with E-state index in [1.807, 2.05) is 6.92 Å². The highest BCUT2D eigenvalue weighted by atomic mass is 19.4. The summed E-state index contributed by atoms with van der Waals surface area (Å²) in [4.78, 5) is 0. The van der Waals surface area contributed by atoms with E-state index in [2.05, 4.69) is 5.32 Å². The molecule has 0 aliphatic heterocycles. The molecule has 0 bridgehead atoms. The average molecular weight is 271 g/mol. The summed E-state index contributed by atoms with van der Waals surface area (Å²) in [5.41, 5.74) is 0. The third-order valence-corrected chi connectivity index (χ3v) is 2.27. The van der Waals surface area contributed by atoms with Crippen LogP contribution in [0.15, 0.2) is 0 Å². The minimum Gasteiger partial charge on any atom is -0.382 e. The Morgan fingerprint density at radius 1 is 0.889 bits per heavy atom. The fraction of sp³-hybridized carbons (Fsp3) is 1.00. The lowest BCUT2D eigenvalue weighted by Gasteiger charge is -2.07. The Labute approximate surface area is 107 Å². The van der Waals surface area contributed by atoms with Crippen molar-refractivity contribution in [3.05, 3.63) is 0 Å². The maximum Gasteiger partial charge on any atom is 0.389 e. The third kappa shape index (κ3) is 15.7. The van der Waals surface area contributed by atoms with Crippen LogP contribution in [0.4, 0.5) is 13.2 Å². The van der Waals surface area contributed by atoms with Gasteiger partial charge in [-0.1, -0.05) is 0 Å². The summed E-state index contributed by atoms with van der Waals surface area (Å²) in [6.45, 7) is 5.70. The fourth-order valence-corrected chi connectivity index (χ4v) is 1.34. The first-order chi connectivity index (χ1) is 8.56. The molecule has 0 aliphatic rings. The van der Waals surface area contributed by atoms with E-state index in [1.54, 1.807) is 0 Å². The second kappa shape index (κ2) is 11.7. The molecule has 0 aliphatic carbocycles. The van der Waals surface area contributed by atoms with Crippen LogP contribution in [0.2, 0.25) is 0 Å². The number of ether oxygens (including phenoxy) is 2. The highest BCUT2D eigenvalue weighted by molar-refractivity contribution is 4.51. The van der Waals surface area contributed by atoms with Crippen LogP contribution in [-0.2, 0) is 9.47 Å². The number of rotatable bonds is 12. The number of hydrogen-bond acceptors (Lipinski definition) is 3. The van der Waals surface area contributed by atoms with Gasteiger partial charge in [0.2, 0.25) is 0 Å². The zero-order valence-corrected chi connectivity index (χ0v) is 11.0. The monoisotopic (exact) mass is 271 g/mol. The Kier molecular flexibility index (Phi) is 11.5. The predicted octanol–water partition coefficient (Wildman–Crippen LogP) is 2.75. The van der Waals surface area contributed by atoms with Gasteiger partial charge in [0.1, 0.15) is 0 Å². The molecule has 0 saturated heterocycles. The molecule has 110 valence electrons. The molecule has 0 aromatic carbocycles. The highest BCUT2D eigenvalue weighted by Crippen LogP contribution is 2.20. The minimum absolute atomic E-state index is 0.0395. The van der Waals surface area contributed by atoms with E-state index in [4.69, 9.17) is 9.47 Å². The zero-order chi connectivity index (χ0) is 13.7. The molecule has 1 N–H and O–H groups in total. The van der Waals surface area contributed by atoms with Crippen molar-refractivity contribution in [2.45, 2.75) is 38.8 Å². The molecule has 0 radical (unpaired) electrons. The standard InChI is InChI=1S/C12H24F3NO2/c1-2-17-9-4-3-7-16-8-11-18-10-5-6-12(13,14)15/h16H,2-11H2,1H3. The molecule has 18 heavy (non-hydrogen) atoms. The van der Waals surface area contributed by atoms with Crippen molar-refractivity contribution in [1.82, 2.24) is 5.32 Å². The predicted molar refractivity (Wildman–Crippen MR) is 64.7 cm³/mol. The Morgan fingerprint density at radius 2 is 1.61 bits per heavy atom. The molecular weight excluding hydrogens is 247 g/mol. The van der Waals surface area contributed by atoms with Gasteiger partial charge in [-0.15, -0.1) is 0 Å². The van der Waals surface area contributed by atoms with E-state index in [-0.39, 0.29) is 13.0 Å². The van der Waals surface area contributed by atoms with Crippen molar-refractivity contribution >= 4 is 0 Å². The molecule has 6 heteroatoms. The first kappa shape index (κ1) is 17.7. The van der Waals surface area contributed by atoms with Crippen molar-refractivity contribution in [1.29, 1.82) is 0 Å². The van der Waals surface area contributed by atoms with Crippen molar-refractivity contribution < 1.29 is 22.6 Å². The SMILES string of the molecule is CCOCCCCNCCOCCCC(F)(F)F. The summed E-state index contributed by atoms with van der Waals surface area (Å²) in [6.07, 6.45) is -2.74. The van der Waals surface area contributed by atoms with E-state index in [9.17, 15) is 13.2 Å². The number of alkyl halides is 3. The second-order valence-electron chi connectivity index (χ2n) is 3.99. The highest BCUT2D eigenvalue weighted by Gasteiger charge is 2.25. The van der Waals surface area contributed by atoms with Crippen molar-refractivity contribution in [2.24, 2.45) is 0 Å². The van der Waals surface area contributed by atoms with Gasteiger partial charge in [0.25, 0.3) is 0 Å². The largest absolute Gasteiger partial charge is 0.389 e. The number of nitrogens with one attached hydrogen (secondary N) is 1. The van der Waals surface area contributed by atoms with Gasteiger partial charge < -0.3 is 14.8 Å². The third-order valence-electron chi connectivity index (χ3n) is 2.27. The average Bonchev–Trinajstić information content (AvgIpc) is 2.29. The second-order valence-corrected chi connectivity index (χ2v) is 3.99. The van der Waals surface area contributed by atoms with Gasteiger partial charge in [-0.2, -0.15) is 13.2 Å². The van der Waals surface area contributed by atoms with Gasteiger partial charge >= 0.3 is 6.18 Å². The lowest BCUT2D eigenvalue weighted by atomic mass is 10.3. The summed E-state index contributed by atoms with van der Waals surface area (Å²) < 4.78 is 45.6. The fourth-order valence-electron chi connectivity index (χ4n) is 1.34. The van der Waals surface area contributed by atoms with Gasteiger partial charge in [0.05, 0.1) is 6.61 Å². The first-order valence-corrected chi connectivity index (χ1v) is 6.49. The molecule has 0 fully saturated rings. The van der Waals surface area contributed by atoms with Crippen molar-refractivity contribution in [2.75, 3.05) is 39.5 Å². The Bertz CT molecular complexity index is 177. The van der Waals surface area contributed by atoms with Crippen molar-refractivity contribution in [3.63, 3.8) is 0 Å². The molecule has 0 saturated carbocycles. The molecule has 0 unspecified atom stereocenters. The van der Waals surface area contributed by atoms with E-state index < -0.39 is 12.6 Å². The Hall–Kier alpha value is -0.330. The summed E-state index contributed by atoms with van der Waals surface area (Å²) in [6, 6.07) is 0. The van der Waals surface area contributed by atoms with Gasteiger partial charge in [0.15, 0.2) is 0 Å². The van der Waals surface area contributed by atoms with Crippen LogP contribution in [-0.4, -0.2) is 45.7 Å². The first-order valence-electron chi connectivity index (χ1n) is 6.49. The molecule has 3 nitrogen and oxygen atoms in total. The number of unbranched alkanes of at least 4 members (excludes halogenated alkanes) is 1. The maximum atomic E-state index is 11.8. The molecule has 0 aromatic rings. The molecular formula is C12H24F3NO2. The van der Waals surface area contributed by atoms with E-state index in [0.29, 0.717) is 13.2 Å². The normalized spacial score (nSPS) is 12.0. The quantitative estimate of drug-likeness (QED) is 0.554. The molecule has 0 atom stereocenters. The molecule has 0 aromatic heterocycles. The summed E-state index contributed by atoms with van der Waals surface area (Å²) in [5, 5.41) is 3.17. The minimum atomic E-state index is -4.07. The van der Waals surface area contributed by atoms with Crippen LogP contribution < -0.4 is 5.32 Å². The Morgan fingerprint density at radius 3 is 2.28 bits per heavy atom.